The SMILES string of the molecule is CC(C)(C)NCCCCOCC(F)F. The number of halogens is 2. The van der Waals surface area contributed by atoms with Crippen molar-refractivity contribution in [3.8, 4) is 0 Å². The molecule has 0 radical (unpaired) electrons. The first-order valence-corrected chi connectivity index (χ1v) is 5.03. The molecule has 0 rings (SSSR count). The molecule has 0 atom stereocenters. The molecule has 0 aliphatic carbocycles. The molecule has 0 aromatic carbocycles. The minimum absolute atomic E-state index is 0.129. The van der Waals surface area contributed by atoms with E-state index in [-0.39, 0.29) is 5.54 Å². The smallest absolute Gasteiger partial charge is 0.261 e. The largest absolute Gasteiger partial charge is 0.376 e. The average molecular weight is 209 g/mol. The maximum Gasteiger partial charge on any atom is 0.261 e. The van der Waals surface area contributed by atoms with Crippen molar-refractivity contribution in [2.45, 2.75) is 45.6 Å². The fraction of sp³-hybridized carbons (Fsp3) is 1.00. The maximum absolute atomic E-state index is 11.6. The van der Waals surface area contributed by atoms with Crippen LogP contribution in [0, 0.1) is 0 Å². The van der Waals surface area contributed by atoms with E-state index < -0.39 is 13.0 Å². The Hall–Kier alpha value is -0.220. The molecule has 0 saturated carbocycles. The predicted molar refractivity (Wildman–Crippen MR) is 53.8 cm³/mol. The molecule has 0 aromatic heterocycles. The normalized spacial score (nSPS) is 12.4. The van der Waals surface area contributed by atoms with Gasteiger partial charge in [0.25, 0.3) is 6.43 Å². The standard InChI is InChI=1S/C10H21F2NO/c1-10(2,3)13-6-4-5-7-14-8-9(11)12/h9,13H,4-8H2,1-3H3. The first-order chi connectivity index (χ1) is 6.42. The van der Waals surface area contributed by atoms with Crippen LogP contribution in [0.25, 0.3) is 0 Å². The second-order valence-corrected chi connectivity index (χ2v) is 4.35. The fourth-order valence-corrected chi connectivity index (χ4v) is 0.965. The molecule has 2 nitrogen and oxygen atoms in total. The van der Waals surface area contributed by atoms with Gasteiger partial charge in [0.05, 0.1) is 0 Å². The number of unbranched alkanes of at least 4 members (excludes halogenated alkanes) is 1. The van der Waals surface area contributed by atoms with Gasteiger partial charge >= 0.3 is 0 Å². The molecule has 0 amide bonds. The van der Waals surface area contributed by atoms with Crippen molar-refractivity contribution in [2.75, 3.05) is 19.8 Å². The van der Waals surface area contributed by atoms with Crippen molar-refractivity contribution < 1.29 is 13.5 Å². The van der Waals surface area contributed by atoms with Crippen molar-refractivity contribution in [3.63, 3.8) is 0 Å². The lowest BCUT2D eigenvalue weighted by atomic mass is 10.1. The molecule has 4 heteroatoms. The molecule has 0 fully saturated rings. The van der Waals surface area contributed by atoms with Crippen LogP contribution in [0.1, 0.15) is 33.6 Å². The van der Waals surface area contributed by atoms with Crippen molar-refractivity contribution in [2.24, 2.45) is 0 Å². The van der Waals surface area contributed by atoms with Gasteiger partial charge in [-0.3, -0.25) is 0 Å². The number of nitrogens with one attached hydrogen (secondary N) is 1. The van der Waals surface area contributed by atoms with Gasteiger partial charge in [0, 0.05) is 12.1 Å². The molecular weight excluding hydrogens is 188 g/mol. The van der Waals surface area contributed by atoms with Crippen LogP contribution in [-0.4, -0.2) is 31.7 Å². The zero-order valence-corrected chi connectivity index (χ0v) is 9.28. The monoisotopic (exact) mass is 209 g/mol. The molecular formula is C10H21F2NO. The van der Waals surface area contributed by atoms with E-state index in [0.717, 1.165) is 19.4 Å². The highest BCUT2D eigenvalue weighted by atomic mass is 19.3. The van der Waals surface area contributed by atoms with Gasteiger partial charge in [0.2, 0.25) is 0 Å². The van der Waals surface area contributed by atoms with Crippen LogP contribution in [0.2, 0.25) is 0 Å². The molecule has 0 unspecified atom stereocenters. The van der Waals surface area contributed by atoms with Crippen LogP contribution >= 0.6 is 0 Å². The van der Waals surface area contributed by atoms with Crippen LogP contribution in [0.5, 0.6) is 0 Å². The summed E-state index contributed by atoms with van der Waals surface area (Å²) >= 11 is 0. The fourth-order valence-electron chi connectivity index (χ4n) is 0.965. The van der Waals surface area contributed by atoms with Gasteiger partial charge in [0.1, 0.15) is 6.61 Å². The lowest BCUT2D eigenvalue weighted by Crippen LogP contribution is -2.36. The second kappa shape index (κ2) is 7.12. The summed E-state index contributed by atoms with van der Waals surface area (Å²) in [5.41, 5.74) is 0.129. The average Bonchev–Trinajstić information content (AvgIpc) is 2.00. The molecule has 0 aliphatic rings. The van der Waals surface area contributed by atoms with Gasteiger partial charge in [-0.15, -0.1) is 0 Å². The first kappa shape index (κ1) is 13.8. The van der Waals surface area contributed by atoms with E-state index in [1.807, 2.05) is 0 Å². The van der Waals surface area contributed by atoms with Gasteiger partial charge in [-0.25, -0.2) is 8.78 Å². The minimum atomic E-state index is -2.34. The van der Waals surface area contributed by atoms with Crippen LogP contribution < -0.4 is 5.32 Å². The van der Waals surface area contributed by atoms with Gasteiger partial charge in [-0.05, 0) is 40.2 Å². The molecule has 0 aliphatic heterocycles. The van der Waals surface area contributed by atoms with Gasteiger partial charge in [0.15, 0.2) is 0 Å². The van der Waals surface area contributed by atoms with Gasteiger partial charge in [-0.1, -0.05) is 0 Å². The third-order valence-corrected chi connectivity index (χ3v) is 1.61. The summed E-state index contributed by atoms with van der Waals surface area (Å²) in [7, 11) is 0. The number of rotatable bonds is 7. The molecule has 0 bridgehead atoms. The topological polar surface area (TPSA) is 21.3 Å². The van der Waals surface area contributed by atoms with Crippen molar-refractivity contribution in [1.82, 2.24) is 5.32 Å². The summed E-state index contributed by atoms with van der Waals surface area (Å²) in [5, 5.41) is 3.32. The molecule has 86 valence electrons. The second-order valence-electron chi connectivity index (χ2n) is 4.35. The third kappa shape index (κ3) is 11.8. The Morgan fingerprint density at radius 3 is 2.36 bits per heavy atom. The third-order valence-electron chi connectivity index (χ3n) is 1.61. The van der Waals surface area contributed by atoms with E-state index >= 15 is 0 Å². The van der Waals surface area contributed by atoms with Crippen molar-refractivity contribution in [1.29, 1.82) is 0 Å². The van der Waals surface area contributed by atoms with E-state index in [4.69, 9.17) is 4.74 Å². The number of hydrogen-bond donors (Lipinski definition) is 1. The Morgan fingerprint density at radius 2 is 1.86 bits per heavy atom. The molecule has 0 spiro atoms. The van der Waals surface area contributed by atoms with Crippen LogP contribution in [0.3, 0.4) is 0 Å². The Bertz CT molecular complexity index is 135. The maximum atomic E-state index is 11.6. The van der Waals surface area contributed by atoms with Crippen LogP contribution in [-0.2, 0) is 4.74 Å². The summed E-state index contributed by atoms with van der Waals surface area (Å²) in [6.07, 6.45) is -0.557. The van der Waals surface area contributed by atoms with Crippen molar-refractivity contribution in [3.05, 3.63) is 0 Å². The quantitative estimate of drug-likeness (QED) is 0.650. The van der Waals surface area contributed by atoms with E-state index in [0.29, 0.717) is 6.61 Å². The summed E-state index contributed by atoms with van der Waals surface area (Å²) in [4.78, 5) is 0. The van der Waals surface area contributed by atoms with E-state index in [2.05, 4.69) is 26.1 Å². The number of hydrogen-bond acceptors (Lipinski definition) is 2. The Balaban J connectivity index is 3.07. The van der Waals surface area contributed by atoms with Crippen LogP contribution in [0.4, 0.5) is 8.78 Å². The summed E-state index contributed by atoms with van der Waals surface area (Å²) in [6.45, 7) is 7.19. The van der Waals surface area contributed by atoms with Gasteiger partial charge < -0.3 is 10.1 Å². The summed E-state index contributed by atoms with van der Waals surface area (Å²) in [5.74, 6) is 0. The van der Waals surface area contributed by atoms with E-state index in [1.54, 1.807) is 0 Å². The highest BCUT2D eigenvalue weighted by Gasteiger charge is 2.07. The molecule has 0 saturated heterocycles. The van der Waals surface area contributed by atoms with E-state index in [1.165, 1.54) is 0 Å². The lowest BCUT2D eigenvalue weighted by molar-refractivity contribution is 0.0163. The van der Waals surface area contributed by atoms with E-state index in [9.17, 15) is 8.78 Å². The first-order valence-electron chi connectivity index (χ1n) is 5.03. The Morgan fingerprint density at radius 1 is 1.21 bits per heavy atom. The highest BCUT2D eigenvalue weighted by Crippen LogP contribution is 1.99. The molecule has 1 N–H and O–H groups in total. The Labute approximate surface area is 85.0 Å². The summed E-state index contributed by atoms with van der Waals surface area (Å²) < 4.78 is 28.0. The molecule has 0 aromatic rings. The zero-order valence-electron chi connectivity index (χ0n) is 9.28. The molecule has 14 heavy (non-hydrogen) atoms. The highest BCUT2D eigenvalue weighted by molar-refractivity contribution is 4.69. The summed E-state index contributed by atoms with van der Waals surface area (Å²) in [6, 6.07) is 0. The number of alkyl halides is 2. The lowest BCUT2D eigenvalue weighted by Gasteiger charge is -2.20. The molecule has 0 heterocycles. The van der Waals surface area contributed by atoms with Gasteiger partial charge in [-0.2, -0.15) is 0 Å². The predicted octanol–water partition coefficient (Wildman–Crippen LogP) is 2.44. The zero-order chi connectivity index (χ0) is 11.0. The number of ether oxygens (including phenoxy) is 1. The van der Waals surface area contributed by atoms with Crippen LogP contribution in [0.15, 0.2) is 0 Å². The van der Waals surface area contributed by atoms with Crippen molar-refractivity contribution >= 4 is 0 Å². The Kier molecular flexibility index (Phi) is 7.01. The minimum Gasteiger partial charge on any atom is -0.376 e.